The van der Waals surface area contributed by atoms with E-state index >= 15 is 0 Å². The molecule has 1 aromatic heterocycles. The Hall–Kier alpha value is -1.87. The Morgan fingerprint density at radius 1 is 1.30 bits per heavy atom. The zero-order valence-electron chi connectivity index (χ0n) is 10.7. The molecule has 9 heteroatoms. The van der Waals surface area contributed by atoms with Crippen molar-refractivity contribution in [2.75, 3.05) is 11.0 Å². The molecule has 106 valence electrons. The summed E-state index contributed by atoms with van der Waals surface area (Å²) >= 11 is 1.29. The number of anilines is 1. The van der Waals surface area contributed by atoms with Crippen molar-refractivity contribution in [1.82, 2.24) is 15.2 Å². The van der Waals surface area contributed by atoms with Crippen molar-refractivity contribution in [1.29, 1.82) is 0 Å². The molecule has 1 heterocycles. The molecule has 0 saturated carbocycles. The summed E-state index contributed by atoms with van der Waals surface area (Å²) < 4.78 is 26.5. The van der Waals surface area contributed by atoms with Gasteiger partial charge in [-0.1, -0.05) is 23.9 Å². The molecule has 2 rings (SSSR count). The van der Waals surface area contributed by atoms with Crippen LogP contribution < -0.4 is 4.72 Å². The monoisotopic (exact) mass is 312 g/mol. The number of ketones is 1. The van der Waals surface area contributed by atoms with Crippen LogP contribution in [0.15, 0.2) is 34.3 Å². The van der Waals surface area contributed by atoms with E-state index in [9.17, 15) is 13.2 Å². The van der Waals surface area contributed by atoms with Crippen molar-refractivity contribution < 1.29 is 13.2 Å². The third-order valence-corrected chi connectivity index (χ3v) is 4.35. The summed E-state index contributed by atoms with van der Waals surface area (Å²) in [5, 5.41) is 6.73. The lowest BCUT2D eigenvalue weighted by Gasteiger charge is -2.05. The quantitative estimate of drug-likeness (QED) is 0.641. The first-order valence-electron chi connectivity index (χ1n) is 5.52. The predicted octanol–water partition coefficient (Wildman–Crippen LogP) is 1.53. The van der Waals surface area contributed by atoms with Crippen molar-refractivity contribution in [3.05, 3.63) is 29.8 Å². The average molecular weight is 312 g/mol. The summed E-state index contributed by atoms with van der Waals surface area (Å²) in [6, 6.07) is 5.66. The van der Waals surface area contributed by atoms with Crippen LogP contribution >= 0.6 is 11.8 Å². The minimum atomic E-state index is -3.75. The lowest BCUT2D eigenvalue weighted by molar-refractivity contribution is 0.101. The molecule has 2 aromatic rings. The molecule has 1 aromatic carbocycles. The number of nitrogens with zero attached hydrogens (tertiary/aromatic N) is 2. The molecule has 2 N–H and O–H groups in total. The van der Waals surface area contributed by atoms with Crippen LogP contribution in [0.3, 0.4) is 0 Å². The Balaban J connectivity index is 2.23. The van der Waals surface area contributed by atoms with E-state index in [1.807, 2.05) is 0 Å². The third kappa shape index (κ3) is 3.17. The lowest BCUT2D eigenvalue weighted by Crippen LogP contribution is -2.14. The topological polar surface area (TPSA) is 105 Å². The number of carbonyl (C=O) groups is 1. The van der Waals surface area contributed by atoms with E-state index < -0.39 is 10.0 Å². The van der Waals surface area contributed by atoms with Gasteiger partial charge in [0.25, 0.3) is 10.0 Å². The molecule has 0 radical (unpaired) electrons. The number of H-pyrrole nitrogens is 1. The number of hydrogen-bond donors (Lipinski definition) is 2. The number of thioether (sulfide) groups is 1. The fraction of sp³-hybridized carbons (Fsp3) is 0.182. The number of carbonyl (C=O) groups excluding carboxylic acids is 1. The third-order valence-electron chi connectivity index (χ3n) is 2.45. The Morgan fingerprint density at radius 3 is 2.45 bits per heavy atom. The van der Waals surface area contributed by atoms with Crippen LogP contribution in [-0.4, -0.2) is 35.6 Å². The number of Topliss-reactive ketones (excluding diaryl/α,β-unsaturated/α-hetero) is 1. The number of benzene rings is 1. The van der Waals surface area contributed by atoms with Gasteiger partial charge in [-0.25, -0.2) is 18.2 Å². The van der Waals surface area contributed by atoms with Crippen molar-refractivity contribution in [2.24, 2.45) is 0 Å². The predicted molar refractivity (Wildman–Crippen MR) is 75.4 cm³/mol. The van der Waals surface area contributed by atoms with E-state index in [1.165, 1.54) is 43.0 Å². The molecular weight excluding hydrogens is 300 g/mol. The van der Waals surface area contributed by atoms with Crippen LogP contribution in [0.1, 0.15) is 17.3 Å². The van der Waals surface area contributed by atoms with Gasteiger partial charge in [-0.05, 0) is 25.3 Å². The largest absolute Gasteiger partial charge is 0.295 e. The molecular formula is C11H12N4O3S2. The first-order chi connectivity index (χ1) is 9.42. The minimum Gasteiger partial charge on any atom is -0.295 e. The van der Waals surface area contributed by atoms with Crippen LogP contribution in [0, 0.1) is 0 Å². The second kappa shape index (κ2) is 5.63. The zero-order valence-corrected chi connectivity index (χ0v) is 12.4. The van der Waals surface area contributed by atoms with Crippen LogP contribution in [0.5, 0.6) is 0 Å². The summed E-state index contributed by atoms with van der Waals surface area (Å²) in [5.74, 6) is -0.0771. The maximum atomic E-state index is 12.1. The number of nitrogens with one attached hydrogen (secondary N) is 2. The van der Waals surface area contributed by atoms with Crippen molar-refractivity contribution in [3.63, 3.8) is 0 Å². The van der Waals surface area contributed by atoms with Crippen LogP contribution in [0.4, 0.5) is 5.95 Å². The normalized spacial score (nSPS) is 11.3. The molecule has 0 aliphatic rings. The van der Waals surface area contributed by atoms with E-state index in [0.717, 1.165) is 0 Å². The number of aromatic amines is 1. The zero-order chi connectivity index (χ0) is 14.8. The summed E-state index contributed by atoms with van der Waals surface area (Å²) in [6.07, 6.45) is 1.78. The van der Waals surface area contributed by atoms with Gasteiger partial charge < -0.3 is 0 Å². The first kappa shape index (κ1) is 14.5. The molecule has 7 nitrogen and oxygen atoms in total. The maximum Gasteiger partial charge on any atom is 0.264 e. The minimum absolute atomic E-state index is 0.0459. The molecule has 20 heavy (non-hydrogen) atoms. The fourth-order valence-corrected chi connectivity index (χ4v) is 2.72. The smallest absolute Gasteiger partial charge is 0.264 e. The second-order valence-electron chi connectivity index (χ2n) is 3.86. The van der Waals surface area contributed by atoms with Gasteiger partial charge >= 0.3 is 0 Å². The number of hydrogen-bond acceptors (Lipinski definition) is 6. The highest BCUT2D eigenvalue weighted by Crippen LogP contribution is 2.16. The van der Waals surface area contributed by atoms with Gasteiger partial charge in [0.05, 0.1) is 4.90 Å². The molecule has 0 unspecified atom stereocenters. The maximum absolute atomic E-state index is 12.1. The molecule has 0 aliphatic carbocycles. The summed E-state index contributed by atoms with van der Waals surface area (Å²) in [4.78, 5) is 15.1. The number of rotatable bonds is 5. The van der Waals surface area contributed by atoms with Crippen LogP contribution in [-0.2, 0) is 10.0 Å². The van der Waals surface area contributed by atoms with Gasteiger partial charge in [0.15, 0.2) is 5.78 Å². The van der Waals surface area contributed by atoms with Gasteiger partial charge in [-0.2, -0.15) is 4.98 Å². The average Bonchev–Trinajstić information content (AvgIpc) is 2.85. The highest BCUT2D eigenvalue weighted by molar-refractivity contribution is 7.98. The molecule has 0 saturated heterocycles. The van der Waals surface area contributed by atoms with Gasteiger partial charge in [0.2, 0.25) is 11.1 Å². The summed E-state index contributed by atoms with van der Waals surface area (Å²) in [5.41, 5.74) is 0.452. The highest BCUT2D eigenvalue weighted by atomic mass is 32.2. The summed E-state index contributed by atoms with van der Waals surface area (Å²) in [6.45, 7) is 1.42. The van der Waals surface area contributed by atoms with Gasteiger partial charge in [-0.15, -0.1) is 5.10 Å². The Kier molecular flexibility index (Phi) is 4.09. The molecule has 0 spiro atoms. The highest BCUT2D eigenvalue weighted by Gasteiger charge is 2.16. The van der Waals surface area contributed by atoms with Gasteiger partial charge in [0.1, 0.15) is 0 Å². The van der Waals surface area contributed by atoms with E-state index in [2.05, 4.69) is 19.9 Å². The van der Waals surface area contributed by atoms with Crippen molar-refractivity contribution >= 4 is 33.5 Å². The van der Waals surface area contributed by atoms with E-state index in [-0.39, 0.29) is 16.6 Å². The van der Waals surface area contributed by atoms with Crippen molar-refractivity contribution in [2.45, 2.75) is 17.0 Å². The van der Waals surface area contributed by atoms with Gasteiger partial charge in [0, 0.05) is 5.56 Å². The second-order valence-corrected chi connectivity index (χ2v) is 6.31. The molecule has 0 aliphatic heterocycles. The number of aromatic nitrogens is 3. The molecule has 0 atom stereocenters. The Bertz CT molecular complexity index is 722. The Labute approximate surface area is 120 Å². The first-order valence-corrected chi connectivity index (χ1v) is 8.23. The van der Waals surface area contributed by atoms with Crippen LogP contribution in [0.25, 0.3) is 0 Å². The van der Waals surface area contributed by atoms with Crippen LogP contribution in [0.2, 0.25) is 0 Å². The molecule has 0 amide bonds. The molecule has 0 bridgehead atoms. The summed E-state index contributed by atoms with van der Waals surface area (Å²) in [7, 11) is -3.75. The van der Waals surface area contributed by atoms with E-state index in [0.29, 0.717) is 10.7 Å². The lowest BCUT2D eigenvalue weighted by atomic mass is 10.2. The Morgan fingerprint density at radius 2 is 1.95 bits per heavy atom. The SMILES string of the molecule is CSc1n[nH]c(NS(=O)(=O)c2ccc(C(C)=O)cc2)n1. The fourth-order valence-electron chi connectivity index (χ4n) is 1.44. The van der Waals surface area contributed by atoms with Crippen molar-refractivity contribution in [3.8, 4) is 0 Å². The van der Waals surface area contributed by atoms with E-state index in [1.54, 1.807) is 6.26 Å². The standard InChI is InChI=1S/C11H12N4O3S2/c1-7(16)8-3-5-9(6-4-8)20(17,18)15-10-12-11(19-2)14-13-10/h3-6H,1-2H3,(H2,12,13,14,15). The number of sulfonamides is 1. The van der Waals surface area contributed by atoms with Gasteiger partial charge in [-0.3, -0.25) is 4.79 Å². The molecule has 0 fully saturated rings. The van der Waals surface area contributed by atoms with E-state index in [4.69, 9.17) is 0 Å².